The third-order valence-corrected chi connectivity index (χ3v) is 3.64. The van der Waals surface area contributed by atoms with Crippen LogP contribution in [0.2, 0.25) is 0 Å². The first-order valence-electron chi connectivity index (χ1n) is 6.45. The van der Waals surface area contributed by atoms with E-state index in [4.69, 9.17) is 0 Å². The molecule has 0 amide bonds. The molecule has 0 aromatic heterocycles. The highest BCUT2D eigenvalue weighted by atomic mass is 16.4. The normalized spacial score (nSPS) is 19.2. The molecule has 0 bridgehead atoms. The third-order valence-electron chi connectivity index (χ3n) is 3.64. The third kappa shape index (κ3) is 2.60. The molecule has 0 radical (unpaired) electrons. The summed E-state index contributed by atoms with van der Waals surface area (Å²) in [6, 6.07) is 4.06. The van der Waals surface area contributed by atoms with Gasteiger partial charge in [0.15, 0.2) is 5.78 Å². The van der Waals surface area contributed by atoms with Gasteiger partial charge in [0.05, 0.1) is 5.92 Å². The Kier molecular flexibility index (Phi) is 3.56. The van der Waals surface area contributed by atoms with Gasteiger partial charge in [0, 0.05) is 6.42 Å². The molecule has 0 fully saturated rings. The molecule has 0 saturated heterocycles. The van der Waals surface area contributed by atoms with Crippen molar-refractivity contribution >= 4 is 17.3 Å². The van der Waals surface area contributed by atoms with E-state index in [-0.39, 0.29) is 5.78 Å². The minimum Gasteiger partial charge on any atom is -0.481 e. The largest absolute Gasteiger partial charge is 0.481 e. The summed E-state index contributed by atoms with van der Waals surface area (Å²) in [6.45, 7) is 5.95. The summed E-state index contributed by atoms with van der Waals surface area (Å²) < 4.78 is 0. The van der Waals surface area contributed by atoms with E-state index in [9.17, 15) is 14.7 Å². The van der Waals surface area contributed by atoms with Gasteiger partial charge in [-0.1, -0.05) is 17.7 Å². The van der Waals surface area contributed by atoms with Crippen molar-refractivity contribution in [1.82, 2.24) is 0 Å². The van der Waals surface area contributed by atoms with Crippen LogP contribution >= 0.6 is 0 Å². The van der Waals surface area contributed by atoms with Crippen molar-refractivity contribution in [3.63, 3.8) is 0 Å². The predicted molar refractivity (Wildman–Crippen MR) is 74.0 cm³/mol. The van der Waals surface area contributed by atoms with Gasteiger partial charge in [-0.15, -0.1) is 0 Å². The van der Waals surface area contributed by atoms with Crippen LogP contribution in [0.5, 0.6) is 0 Å². The lowest BCUT2D eigenvalue weighted by atomic mass is 9.80. The predicted octanol–water partition coefficient (Wildman–Crippen LogP) is 3.06. The number of carboxylic acid groups (broad SMARTS) is 1. The molecule has 1 unspecified atom stereocenters. The molecule has 3 nitrogen and oxygen atoms in total. The fourth-order valence-electron chi connectivity index (χ4n) is 2.93. The lowest BCUT2D eigenvalue weighted by Gasteiger charge is -2.23. The summed E-state index contributed by atoms with van der Waals surface area (Å²) in [5.74, 6) is -1.40. The Morgan fingerprint density at radius 1 is 1.21 bits per heavy atom. The number of rotatable bonds is 2. The van der Waals surface area contributed by atoms with E-state index >= 15 is 0 Å². The molecule has 0 heterocycles. The van der Waals surface area contributed by atoms with Gasteiger partial charge in [-0.25, -0.2) is 0 Å². The van der Waals surface area contributed by atoms with Crippen molar-refractivity contribution in [3.05, 3.63) is 40.5 Å². The highest BCUT2D eigenvalue weighted by molar-refractivity contribution is 6.04. The topological polar surface area (TPSA) is 54.4 Å². The first kappa shape index (κ1) is 13.5. The van der Waals surface area contributed by atoms with Crippen LogP contribution in [0.3, 0.4) is 0 Å². The number of aryl methyl sites for hydroxylation is 3. The second-order valence-corrected chi connectivity index (χ2v) is 5.27. The molecule has 1 N–H and O–H groups in total. The maximum absolute atomic E-state index is 11.6. The van der Waals surface area contributed by atoms with E-state index in [0.717, 1.165) is 22.3 Å². The number of carbonyl (C=O) groups excluding carboxylic acids is 1. The van der Waals surface area contributed by atoms with Gasteiger partial charge in [0.2, 0.25) is 0 Å². The van der Waals surface area contributed by atoms with Crippen LogP contribution in [-0.2, 0) is 9.59 Å². The highest BCUT2D eigenvalue weighted by Gasteiger charge is 2.29. The molecule has 1 aromatic rings. The number of hydrogen-bond donors (Lipinski definition) is 1. The Hall–Kier alpha value is -1.90. The summed E-state index contributed by atoms with van der Waals surface area (Å²) in [5.41, 5.74) is 4.80. The van der Waals surface area contributed by atoms with E-state index in [1.165, 1.54) is 6.08 Å². The molecular weight excluding hydrogens is 240 g/mol. The molecule has 1 aliphatic rings. The van der Waals surface area contributed by atoms with E-state index in [2.05, 4.69) is 0 Å². The Labute approximate surface area is 113 Å². The summed E-state index contributed by atoms with van der Waals surface area (Å²) in [7, 11) is 0. The molecule has 1 atom stereocenters. The molecule has 1 aromatic carbocycles. The van der Waals surface area contributed by atoms with Gasteiger partial charge in [-0.2, -0.15) is 0 Å². The fraction of sp³-hybridized carbons (Fsp3) is 0.375. The quantitative estimate of drug-likeness (QED) is 0.887. The Balaban J connectivity index is 2.60. The summed E-state index contributed by atoms with van der Waals surface area (Å²) in [6.07, 6.45) is 2.24. The van der Waals surface area contributed by atoms with Gasteiger partial charge >= 0.3 is 5.97 Å². The summed E-state index contributed by atoms with van der Waals surface area (Å²) >= 11 is 0. The van der Waals surface area contributed by atoms with Gasteiger partial charge in [-0.05, 0) is 55.5 Å². The first-order chi connectivity index (χ1) is 8.90. The van der Waals surface area contributed by atoms with E-state index in [1.54, 1.807) is 0 Å². The number of hydrogen-bond acceptors (Lipinski definition) is 2. The Bertz CT molecular complexity index is 559. The van der Waals surface area contributed by atoms with Crippen molar-refractivity contribution in [3.8, 4) is 0 Å². The zero-order chi connectivity index (χ0) is 14.2. The summed E-state index contributed by atoms with van der Waals surface area (Å²) in [4.78, 5) is 23.0. The van der Waals surface area contributed by atoms with Crippen molar-refractivity contribution in [1.29, 1.82) is 0 Å². The molecule has 19 heavy (non-hydrogen) atoms. The minimum absolute atomic E-state index is 0.0203. The first-order valence-corrected chi connectivity index (χ1v) is 6.45. The number of allylic oxidation sites excluding steroid dienone is 1. The molecule has 0 aliphatic heterocycles. The van der Waals surface area contributed by atoms with Crippen LogP contribution in [-0.4, -0.2) is 16.9 Å². The standard InChI is InChI=1S/C16H18O3/c1-9-6-10(2)15(11(3)7-9)14-8-12(17)4-5-13(14)16(18)19/h6-8,13H,4-5H2,1-3H3,(H,18,19). The molecule has 0 saturated carbocycles. The van der Waals surface area contributed by atoms with Gasteiger partial charge in [0.1, 0.15) is 0 Å². The highest BCUT2D eigenvalue weighted by Crippen LogP contribution is 2.35. The Morgan fingerprint density at radius 2 is 1.79 bits per heavy atom. The van der Waals surface area contributed by atoms with Crippen LogP contribution in [0.4, 0.5) is 0 Å². The van der Waals surface area contributed by atoms with Crippen LogP contribution in [0.1, 0.15) is 35.1 Å². The molecule has 2 rings (SSSR count). The zero-order valence-corrected chi connectivity index (χ0v) is 11.5. The maximum Gasteiger partial charge on any atom is 0.311 e. The molecule has 1 aliphatic carbocycles. The van der Waals surface area contributed by atoms with Crippen molar-refractivity contribution in [2.75, 3.05) is 0 Å². The van der Waals surface area contributed by atoms with E-state index < -0.39 is 11.9 Å². The fourth-order valence-corrected chi connectivity index (χ4v) is 2.93. The molecule has 3 heteroatoms. The van der Waals surface area contributed by atoms with E-state index in [1.807, 2.05) is 32.9 Å². The van der Waals surface area contributed by atoms with Crippen LogP contribution in [0.15, 0.2) is 18.2 Å². The van der Waals surface area contributed by atoms with Crippen LogP contribution in [0.25, 0.3) is 5.57 Å². The Morgan fingerprint density at radius 3 is 2.32 bits per heavy atom. The van der Waals surface area contributed by atoms with Crippen LogP contribution in [0, 0.1) is 26.7 Å². The van der Waals surface area contributed by atoms with Gasteiger partial charge in [0.25, 0.3) is 0 Å². The lowest BCUT2D eigenvalue weighted by Crippen LogP contribution is -2.22. The molecule has 0 spiro atoms. The second kappa shape index (κ2) is 5.00. The SMILES string of the molecule is Cc1cc(C)c(C2=CC(=O)CCC2C(=O)O)c(C)c1. The number of ketones is 1. The second-order valence-electron chi connectivity index (χ2n) is 5.27. The van der Waals surface area contributed by atoms with Crippen molar-refractivity contribution < 1.29 is 14.7 Å². The summed E-state index contributed by atoms with van der Waals surface area (Å²) in [5, 5.41) is 9.34. The molecule has 100 valence electrons. The smallest absolute Gasteiger partial charge is 0.311 e. The number of carbonyl (C=O) groups is 2. The zero-order valence-electron chi connectivity index (χ0n) is 11.5. The van der Waals surface area contributed by atoms with Gasteiger partial charge in [-0.3, -0.25) is 9.59 Å². The number of carboxylic acids is 1. The van der Waals surface area contributed by atoms with Crippen LogP contribution < -0.4 is 0 Å². The monoisotopic (exact) mass is 258 g/mol. The maximum atomic E-state index is 11.6. The van der Waals surface area contributed by atoms with E-state index in [0.29, 0.717) is 18.4 Å². The minimum atomic E-state index is -0.849. The molecular formula is C16H18O3. The number of benzene rings is 1. The van der Waals surface area contributed by atoms with Gasteiger partial charge < -0.3 is 5.11 Å². The average Bonchev–Trinajstić information content (AvgIpc) is 2.27. The van der Waals surface area contributed by atoms with Crippen molar-refractivity contribution in [2.24, 2.45) is 5.92 Å². The number of aliphatic carboxylic acids is 1. The van der Waals surface area contributed by atoms with Crippen molar-refractivity contribution in [2.45, 2.75) is 33.6 Å². The lowest BCUT2D eigenvalue weighted by molar-refractivity contribution is -0.140. The average molecular weight is 258 g/mol.